The second-order valence-electron chi connectivity index (χ2n) is 6.00. The minimum absolute atomic E-state index is 0.456. The van der Waals surface area contributed by atoms with E-state index in [-0.39, 0.29) is 0 Å². The molecule has 0 bridgehead atoms. The molecule has 0 heterocycles. The van der Waals surface area contributed by atoms with E-state index in [2.05, 4.69) is 30.5 Å². The molecule has 0 aliphatic heterocycles. The SMILES string of the molecule is C=CC(=O)Oc1cccc(N(c2cccc(C)c2)c2cccc(OC)c2)c1. The van der Waals surface area contributed by atoms with Crippen LogP contribution in [0.1, 0.15) is 5.56 Å². The van der Waals surface area contributed by atoms with Crippen molar-refractivity contribution >= 4 is 23.0 Å². The summed E-state index contributed by atoms with van der Waals surface area (Å²) in [7, 11) is 1.64. The lowest BCUT2D eigenvalue weighted by molar-refractivity contribution is -0.128. The van der Waals surface area contributed by atoms with Gasteiger partial charge >= 0.3 is 5.97 Å². The van der Waals surface area contributed by atoms with Crippen molar-refractivity contribution in [2.75, 3.05) is 12.0 Å². The molecule has 3 aromatic rings. The standard InChI is InChI=1S/C23H21NO3/c1-4-23(25)27-22-13-7-11-20(16-22)24(18-9-5-8-17(2)14-18)19-10-6-12-21(15-19)26-3/h4-16H,1H2,2-3H3. The molecule has 0 fully saturated rings. The summed E-state index contributed by atoms with van der Waals surface area (Å²) in [6.07, 6.45) is 1.15. The zero-order valence-corrected chi connectivity index (χ0v) is 15.4. The number of benzene rings is 3. The molecule has 0 saturated heterocycles. The highest BCUT2D eigenvalue weighted by atomic mass is 16.5. The maximum absolute atomic E-state index is 11.6. The number of rotatable bonds is 6. The van der Waals surface area contributed by atoms with Crippen LogP contribution in [0.2, 0.25) is 0 Å². The maximum Gasteiger partial charge on any atom is 0.335 e. The molecule has 0 unspecified atom stereocenters. The molecule has 0 atom stereocenters. The molecule has 3 aromatic carbocycles. The highest BCUT2D eigenvalue weighted by Gasteiger charge is 2.14. The number of hydrogen-bond donors (Lipinski definition) is 0. The van der Waals surface area contributed by atoms with Crippen LogP contribution in [-0.4, -0.2) is 13.1 Å². The van der Waals surface area contributed by atoms with Crippen LogP contribution in [0.5, 0.6) is 11.5 Å². The average molecular weight is 359 g/mol. The Morgan fingerprint density at radius 1 is 0.889 bits per heavy atom. The quantitative estimate of drug-likeness (QED) is 0.328. The van der Waals surface area contributed by atoms with Gasteiger partial charge in [-0.05, 0) is 48.9 Å². The van der Waals surface area contributed by atoms with Gasteiger partial charge in [-0.2, -0.15) is 0 Å². The largest absolute Gasteiger partial charge is 0.497 e. The fourth-order valence-corrected chi connectivity index (χ4v) is 2.81. The smallest absolute Gasteiger partial charge is 0.335 e. The summed E-state index contributed by atoms with van der Waals surface area (Å²) in [6, 6.07) is 23.4. The van der Waals surface area contributed by atoms with E-state index in [9.17, 15) is 4.79 Å². The predicted molar refractivity (Wildman–Crippen MR) is 108 cm³/mol. The van der Waals surface area contributed by atoms with Gasteiger partial charge in [0, 0.05) is 35.3 Å². The van der Waals surface area contributed by atoms with Gasteiger partial charge in [-0.15, -0.1) is 0 Å². The first-order chi connectivity index (χ1) is 13.1. The number of methoxy groups -OCH3 is 1. The minimum atomic E-state index is -0.490. The number of hydrogen-bond acceptors (Lipinski definition) is 4. The molecule has 3 rings (SSSR count). The molecule has 0 radical (unpaired) electrons. The topological polar surface area (TPSA) is 38.8 Å². The fourth-order valence-electron chi connectivity index (χ4n) is 2.81. The highest BCUT2D eigenvalue weighted by molar-refractivity contribution is 5.84. The summed E-state index contributed by atoms with van der Waals surface area (Å²) in [5, 5.41) is 0. The number of ether oxygens (including phenoxy) is 2. The van der Waals surface area contributed by atoms with Crippen LogP contribution in [-0.2, 0) is 4.79 Å². The molecule has 27 heavy (non-hydrogen) atoms. The molecule has 0 amide bonds. The average Bonchev–Trinajstić information content (AvgIpc) is 2.69. The van der Waals surface area contributed by atoms with Gasteiger partial charge < -0.3 is 14.4 Å². The van der Waals surface area contributed by atoms with E-state index >= 15 is 0 Å². The summed E-state index contributed by atoms with van der Waals surface area (Å²) in [4.78, 5) is 13.6. The highest BCUT2D eigenvalue weighted by Crippen LogP contribution is 2.37. The number of nitrogens with zero attached hydrogens (tertiary/aromatic N) is 1. The Kier molecular flexibility index (Phi) is 5.57. The Bertz CT molecular complexity index is 965. The van der Waals surface area contributed by atoms with Gasteiger partial charge in [-0.3, -0.25) is 0 Å². The number of aryl methyl sites for hydroxylation is 1. The van der Waals surface area contributed by atoms with Gasteiger partial charge in [0.2, 0.25) is 0 Å². The molecule has 0 aliphatic rings. The van der Waals surface area contributed by atoms with Crippen molar-refractivity contribution in [3.05, 3.63) is 91.0 Å². The lowest BCUT2D eigenvalue weighted by Gasteiger charge is -2.26. The van der Waals surface area contributed by atoms with Gasteiger partial charge in [0.15, 0.2) is 0 Å². The molecule has 136 valence electrons. The van der Waals surface area contributed by atoms with Crippen LogP contribution in [0.4, 0.5) is 17.1 Å². The van der Waals surface area contributed by atoms with E-state index in [0.717, 1.165) is 34.5 Å². The van der Waals surface area contributed by atoms with Crippen molar-refractivity contribution in [1.29, 1.82) is 0 Å². The van der Waals surface area contributed by atoms with Crippen LogP contribution in [0.25, 0.3) is 0 Å². The normalized spacial score (nSPS) is 10.1. The summed E-state index contributed by atoms with van der Waals surface area (Å²) in [6.45, 7) is 5.49. The van der Waals surface area contributed by atoms with Crippen molar-refractivity contribution in [3.63, 3.8) is 0 Å². The molecule has 0 aliphatic carbocycles. The molecule has 4 nitrogen and oxygen atoms in total. The number of carbonyl (C=O) groups is 1. The summed E-state index contributed by atoms with van der Waals surface area (Å²) >= 11 is 0. The predicted octanol–water partition coefficient (Wildman–Crippen LogP) is 5.56. The Balaban J connectivity index is 2.11. The third-order valence-electron chi connectivity index (χ3n) is 4.03. The van der Waals surface area contributed by atoms with Crippen molar-refractivity contribution in [2.45, 2.75) is 6.92 Å². The van der Waals surface area contributed by atoms with Crippen LogP contribution in [0.3, 0.4) is 0 Å². The zero-order chi connectivity index (χ0) is 19.2. The Labute approximate surface area is 159 Å². The van der Waals surface area contributed by atoms with Gasteiger partial charge in [0.05, 0.1) is 7.11 Å². The first kappa shape index (κ1) is 18.3. The molecule has 4 heteroatoms. The first-order valence-electron chi connectivity index (χ1n) is 8.56. The summed E-state index contributed by atoms with van der Waals surface area (Å²) in [5.74, 6) is 0.730. The molecule has 0 spiro atoms. The monoisotopic (exact) mass is 359 g/mol. The van der Waals surface area contributed by atoms with E-state index in [1.807, 2.05) is 54.6 Å². The van der Waals surface area contributed by atoms with Crippen molar-refractivity contribution in [1.82, 2.24) is 0 Å². The van der Waals surface area contributed by atoms with Crippen molar-refractivity contribution < 1.29 is 14.3 Å². The Morgan fingerprint density at radius 3 is 2.04 bits per heavy atom. The zero-order valence-electron chi connectivity index (χ0n) is 15.4. The maximum atomic E-state index is 11.6. The van der Waals surface area contributed by atoms with E-state index in [4.69, 9.17) is 9.47 Å². The van der Waals surface area contributed by atoms with E-state index < -0.39 is 5.97 Å². The van der Waals surface area contributed by atoms with Crippen LogP contribution < -0.4 is 14.4 Å². The van der Waals surface area contributed by atoms with Gasteiger partial charge in [-0.25, -0.2) is 4.79 Å². The van der Waals surface area contributed by atoms with Gasteiger partial charge in [-0.1, -0.05) is 30.8 Å². The Hall–Kier alpha value is -3.53. The van der Waals surface area contributed by atoms with E-state index in [1.165, 1.54) is 0 Å². The third kappa shape index (κ3) is 4.36. The number of esters is 1. The van der Waals surface area contributed by atoms with Crippen LogP contribution >= 0.6 is 0 Å². The number of carbonyl (C=O) groups excluding carboxylic acids is 1. The molecule has 0 aromatic heterocycles. The fraction of sp³-hybridized carbons (Fsp3) is 0.0870. The second-order valence-corrected chi connectivity index (χ2v) is 6.00. The third-order valence-corrected chi connectivity index (χ3v) is 4.03. The lowest BCUT2D eigenvalue weighted by atomic mass is 10.1. The summed E-state index contributed by atoms with van der Waals surface area (Å²) in [5.41, 5.74) is 3.94. The minimum Gasteiger partial charge on any atom is -0.497 e. The van der Waals surface area contributed by atoms with Gasteiger partial charge in [0.25, 0.3) is 0 Å². The first-order valence-corrected chi connectivity index (χ1v) is 8.56. The second kappa shape index (κ2) is 8.23. The molecular weight excluding hydrogens is 338 g/mol. The number of anilines is 3. The Morgan fingerprint density at radius 2 is 1.44 bits per heavy atom. The summed E-state index contributed by atoms with van der Waals surface area (Å²) < 4.78 is 10.7. The van der Waals surface area contributed by atoms with Crippen molar-refractivity contribution in [3.8, 4) is 11.5 Å². The van der Waals surface area contributed by atoms with E-state index in [1.54, 1.807) is 13.2 Å². The molecular formula is C23H21NO3. The van der Waals surface area contributed by atoms with E-state index in [0.29, 0.717) is 5.75 Å². The molecule has 0 N–H and O–H groups in total. The lowest BCUT2D eigenvalue weighted by Crippen LogP contribution is -2.11. The van der Waals surface area contributed by atoms with Gasteiger partial charge in [0.1, 0.15) is 11.5 Å². The van der Waals surface area contributed by atoms with Crippen molar-refractivity contribution in [2.24, 2.45) is 0 Å². The van der Waals surface area contributed by atoms with Crippen LogP contribution in [0.15, 0.2) is 85.5 Å². The van der Waals surface area contributed by atoms with Crippen LogP contribution in [0, 0.1) is 6.92 Å². The molecule has 0 saturated carbocycles.